The molecular weight excluding hydrogens is 350 g/mol. The number of aryl methyl sites for hydroxylation is 3. The standard InChI is InChI=1S/C28H32N/c1-20-9-5-6-10-25(20)27-15-21(2)26(19-29(27)3)22-11-12-23-17-28(18-24(23)16-22)13-7-4-8-14-28/h5-6,9-12,15-16,19H,4,7-8,13-14,17-18H2,1-3H3/q+1/i2D3,17D2,18D2. The molecule has 1 heteroatoms. The fourth-order valence-electron chi connectivity index (χ4n) is 4.88. The lowest BCUT2D eigenvalue weighted by Gasteiger charge is -2.33. The maximum Gasteiger partial charge on any atom is 0.212 e. The van der Waals surface area contributed by atoms with E-state index in [9.17, 15) is 0 Å². The zero-order valence-corrected chi connectivity index (χ0v) is 17.2. The van der Waals surface area contributed by atoms with E-state index in [1.54, 1.807) is 30.5 Å². The molecule has 1 saturated carbocycles. The molecule has 29 heavy (non-hydrogen) atoms. The van der Waals surface area contributed by atoms with Crippen LogP contribution in [-0.4, -0.2) is 0 Å². The predicted molar refractivity (Wildman–Crippen MR) is 121 cm³/mol. The summed E-state index contributed by atoms with van der Waals surface area (Å²) in [5, 5.41) is 0. The Morgan fingerprint density at radius 2 is 1.69 bits per heavy atom. The van der Waals surface area contributed by atoms with Gasteiger partial charge in [-0.25, -0.2) is 4.57 Å². The topological polar surface area (TPSA) is 3.88 Å². The van der Waals surface area contributed by atoms with Crippen LogP contribution in [0.25, 0.3) is 22.4 Å². The Morgan fingerprint density at radius 3 is 2.48 bits per heavy atom. The number of rotatable bonds is 2. The summed E-state index contributed by atoms with van der Waals surface area (Å²) in [5.41, 5.74) is 3.76. The van der Waals surface area contributed by atoms with Crippen molar-refractivity contribution < 1.29 is 14.2 Å². The molecule has 0 bridgehead atoms. The summed E-state index contributed by atoms with van der Waals surface area (Å²) in [6, 6.07) is 14.7. The average Bonchev–Trinajstić information content (AvgIpc) is 2.94. The van der Waals surface area contributed by atoms with E-state index < -0.39 is 25.0 Å². The number of fused-ring (bicyclic) bond motifs is 1. The lowest BCUT2D eigenvalue weighted by Crippen LogP contribution is -2.31. The summed E-state index contributed by atoms with van der Waals surface area (Å²) >= 11 is 0. The molecule has 0 radical (unpaired) electrons. The highest BCUT2D eigenvalue weighted by atomic mass is 14.9. The first-order valence-electron chi connectivity index (χ1n) is 14.1. The lowest BCUT2D eigenvalue weighted by molar-refractivity contribution is -0.660. The van der Waals surface area contributed by atoms with Crippen LogP contribution in [0.4, 0.5) is 0 Å². The van der Waals surface area contributed by atoms with E-state index in [0.29, 0.717) is 35.1 Å². The second kappa shape index (κ2) is 7.13. The first-order chi connectivity index (χ1) is 16.8. The molecule has 3 aromatic rings. The van der Waals surface area contributed by atoms with Crippen LogP contribution < -0.4 is 4.57 Å². The Kier molecular flexibility index (Phi) is 3.03. The van der Waals surface area contributed by atoms with Gasteiger partial charge in [-0.05, 0) is 78.7 Å². The van der Waals surface area contributed by atoms with Crippen LogP contribution in [0.1, 0.15) is 64.0 Å². The van der Waals surface area contributed by atoms with Crippen molar-refractivity contribution in [2.24, 2.45) is 12.5 Å². The van der Waals surface area contributed by atoms with Crippen LogP contribution in [0.2, 0.25) is 0 Å². The Labute approximate surface area is 185 Å². The summed E-state index contributed by atoms with van der Waals surface area (Å²) in [6.45, 7) is -0.381. The molecule has 0 unspecified atom stereocenters. The van der Waals surface area contributed by atoms with E-state index in [1.807, 2.05) is 42.8 Å². The highest BCUT2D eigenvalue weighted by Crippen LogP contribution is 2.48. The summed E-state index contributed by atoms with van der Waals surface area (Å²) in [5.74, 6) is 0. The number of benzene rings is 2. The third-order valence-electron chi connectivity index (χ3n) is 6.48. The molecule has 1 aromatic heterocycles. The molecule has 0 saturated heterocycles. The molecule has 2 aliphatic rings. The molecule has 1 spiro atoms. The second-order valence-electron chi connectivity index (χ2n) is 8.56. The average molecular weight is 390 g/mol. The summed E-state index contributed by atoms with van der Waals surface area (Å²) in [4.78, 5) is 0. The molecule has 0 atom stereocenters. The van der Waals surface area contributed by atoms with Gasteiger partial charge in [0.05, 0.1) is 0 Å². The van der Waals surface area contributed by atoms with Crippen molar-refractivity contribution in [3.63, 3.8) is 0 Å². The molecule has 1 heterocycles. The molecule has 0 N–H and O–H groups in total. The van der Waals surface area contributed by atoms with Crippen molar-refractivity contribution in [2.75, 3.05) is 0 Å². The fourth-order valence-corrected chi connectivity index (χ4v) is 4.88. The van der Waals surface area contributed by atoms with Gasteiger partial charge in [-0.15, -0.1) is 0 Å². The molecular formula is C28H32N+. The molecule has 1 fully saturated rings. The molecule has 0 aliphatic heterocycles. The van der Waals surface area contributed by atoms with Crippen LogP contribution in [0, 0.1) is 19.2 Å². The van der Waals surface area contributed by atoms with Gasteiger partial charge >= 0.3 is 0 Å². The lowest BCUT2D eigenvalue weighted by atomic mass is 9.72. The quantitative estimate of drug-likeness (QED) is 0.440. The van der Waals surface area contributed by atoms with Crippen LogP contribution in [0.3, 0.4) is 0 Å². The van der Waals surface area contributed by atoms with Crippen molar-refractivity contribution in [1.82, 2.24) is 0 Å². The van der Waals surface area contributed by atoms with E-state index in [-0.39, 0.29) is 5.56 Å². The summed E-state index contributed by atoms with van der Waals surface area (Å²) < 4.78 is 63.0. The maximum absolute atomic E-state index is 9.12. The van der Waals surface area contributed by atoms with E-state index in [1.165, 1.54) is 0 Å². The van der Waals surface area contributed by atoms with Crippen molar-refractivity contribution in [3.05, 3.63) is 77.0 Å². The van der Waals surface area contributed by atoms with Gasteiger partial charge in [0.15, 0.2) is 6.20 Å². The highest BCUT2D eigenvalue weighted by Gasteiger charge is 2.38. The summed E-state index contributed by atoms with van der Waals surface area (Å²) in [6.07, 6.45) is 1.85. The van der Waals surface area contributed by atoms with Crippen LogP contribution in [0.15, 0.2) is 54.7 Å². The maximum atomic E-state index is 9.12. The molecule has 1 nitrogen and oxygen atoms in total. The monoisotopic (exact) mass is 389 g/mol. The highest BCUT2D eigenvalue weighted by molar-refractivity contribution is 5.70. The van der Waals surface area contributed by atoms with Crippen molar-refractivity contribution in [3.8, 4) is 22.4 Å². The normalized spacial score (nSPS) is 25.0. The van der Waals surface area contributed by atoms with Crippen LogP contribution in [0.5, 0.6) is 0 Å². The zero-order valence-electron chi connectivity index (χ0n) is 24.2. The van der Waals surface area contributed by atoms with E-state index in [4.69, 9.17) is 9.60 Å². The van der Waals surface area contributed by atoms with Gasteiger partial charge < -0.3 is 0 Å². The number of pyridine rings is 1. The zero-order chi connectivity index (χ0) is 26.1. The first-order valence-corrected chi connectivity index (χ1v) is 10.6. The van der Waals surface area contributed by atoms with Crippen molar-refractivity contribution >= 4 is 0 Å². The Balaban J connectivity index is 1.70. The third-order valence-corrected chi connectivity index (χ3v) is 6.48. The van der Waals surface area contributed by atoms with Gasteiger partial charge in [-0.3, -0.25) is 0 Å². The van der Waals surface area contributed by atoms with Crippen molar-refractivity contribution in [2.45, 2.75) is 58.6 Å². The third kappa shape index (κ3) is 3.31. The van der Waals surface area contributed by atoms with E-state index >= 15 is 0 Å². The van der Waals surface area contributed by atoms with Crippen LogP contribution >= 0.6 is 0 Å². The van der Waals surface area contributed by atoms with E-state index in [2.05, 4.69) is 0 Å². The van der Waals surface area contributed by atoms with E-state index in [0.717, 1.165) is 36.1 Å². The number of nitrogens with zero attached hydrogens (tertiary/aromatic N) is 1. The Hall–Kier alpha value is -2.41. The predicted octanol–water partition coefficient (Wildman–Crippen LogP) is 6.51. The van der Waals surface area contributed by atoms with Crippen LogP contribution in [-0.2, 0) is 19.8 Å². The van der Waals surface area contributed by atoms with Gasteiger partial charge in [0.2, 0.25) is 5.69 Å². The first kappa shape index (κ1) is 12.3. The van der Waals surface area contributed by atoms with Gasteiger partial charge in [-0.1, -0.05) is 55.7 Å². The van der Waals surface area contributed by atoms with Gasteiger partial charge in [0, 0.05) is 26.8 Å². The fraction of sp³-hybridized carbons (Fsp3) is 0.393. The smallest absolute Gasteiger partial charge is 0.200 e. The van der Waals surface area contributed by atoms with Gasteiger partial charge in [0.25, 0.3) is 0 Å². The SMILES string of the molecule is [2H]C([2H])([2H])c1cc(-c2ccccc2C)[n+](C)cc1-c1ccc2c(c1)C([2H])([2H])C1(CCCCC1)C2([2H])[2H]. The minimum atomic E-state index is -2.38. The minimum absolute atomic E-state index is 0.202. The summed E-state index contributed by atoms with van der Waals surface area (Å²) in [7, 11) is 1.89. The minimum Gasteiger partial charge on any atom is -0.200 e. The largest absolute Gasteiger partial charge is 0.212 e. The number of aromatic nitrogens is 1. The molecule has 0 amide bonds. The molecule has 148 valence electrons. The molecule has 2 aliphatic carbocycles. The molecule has 2 aromatic carbocycles. The van der Waals surface area contributed by atoms with Crippen molar-refractivity contribution in [1.29, 1.82) is 0 Å². The van der Waals surface area contributed by atoms with Gasteiger partial charge in [0.1, 0.15) is 7.05 Å². The molecule has 5 rings (SSSR count). The number of hydrogen-bond acceptors (Lipinski definition) is 0. The van der Waals surface area contributed by atoms with Gasteiger partial charge in [-0.2, -0.15) is 0 Å². The Morgan fingerprint density at radius 1 is 0.897 bits per heavy atom. The number of hydrogen-bond donors (Lipinski definition) is 0. The second-order valence-corrected chi connectivity index (χ2v) is 8.56. The Bertz CT molecular complexity index is 1330.